The van der Waals surface area contributed by atoms with Crippen LogP contribution in [0.15, 0.2) is 18.3 Å². The maximum absolute atomic E-state index is 10.3. The van der Waals surface area contributed by atoms with Gasteiger partial charge in [0, 0.05) is 13.2 Å². The number of aromatic nitrogens is 1. The van der Waals surface area contributed by atoms with Gasteiger partial charge >= 0.3 is 0 Å². The number of anilines is 1. The van der Waals surface area contributed by atoms with E-state index in [0.717, 1.165) is 12.0 Å². The van der Waals surface area contributed by atoms with Gasteiger partial charge in [-0.05, 0) is 18.6 Å². The summed E-state index contributed by atoms with van der Waals surface area (Å²) >= 11 is 0. The first-order valence-corrected chi connectivity index (χ1v) is 3.35. The second kappa shape index (κ2) is 3.14. The molecule has 11 heavy (non-hydrogen) atoms. The molecule has 1 rings (SSSR count). The van der Waals surface area contributed by atoms with Crippen molar-refractivity contribution in [3.8, 4) is 0 Å². The van der Waals surface area contributed by atoms with E-state index in [9.17, 15) is 4.79 Å². The van der Waals surface area contributed by atoms with Gasteiger partial charge in [0.05, 0.1) is 0 Å². The first-order chi connectivity index (χ1) is 5.25. The number of amides is 1. The van der Waals surface area contributed by atoms with Crippen molar-refractivity contribution in [1.82, 2.24) is 4.98 Å². The molecule has 0 aliphatic carbocycles. The largest absolute Gasteiger partial charge is 0.302 e. The van der Waals surface area contributed by atoms with Crippen LogP contribution in [-0.2, 0) is 4.79 Å². The van der Waals surface area contributed by atoms with E-state index in [-0.39, 0.29) is 0 Å². The lowest BCUT2D eigenvalue weighted by Gasteiger charge is -2.10. The van der Waals surface area contributed by atoms with Crippen LogP contribution in [0.5, 0.6) is 0 Å². The van der Waals surface area contributed by atoms with Crippen LogP contribution < -0.4 is 4.90 Å². The highest BCUT2D eigenvalue weighted by molar-refractivity contribution is 5.73. The fourth-order valence-corrected chi connectivity index (χ4v) is 0.897. The summed E-state index contributed by atoms with van der Waals surface area (Å²) in [4.78, 5) is 15.8. The number of rotatable bonds is 2. The molecule has 0 bridgehead atoms. The van der Waals surface area contributed by atoms with Crippen LogP contribution in [0, 0.1) is 6.92 Å². The lowest BCUT2D eigenvalue weighted by atomic mass is 10.3. The molecule has 0 unspecified atom stereocenters. The predicted octanol–water partition coefficient (Wildman–Crippen LogP) is 0.983. The van der Waals surface area contributed by atoms with Gasteiger partial charge in [-0.2, -0.15) is 0 Å². The second-order valence-electron chi connectivity index (χ2n) is 2.36. The lowest BCUT2D eigenvalue weighted by Crippen LogP contribution is -2.16. The number of carbonyl (C=O) groups excluding carboxylic acids is 1. The third-order valence-electron chi connectivity index (χ3n) is 1.47. The van der Waals surface area contributed by atoms with Gasteiger partial charge in [0.1, 0.15) is 5.82 Å². The summed E-state index contributed by atoms with van der Waals surface area (Å²) in [7, 11) is 1.68. The quantitative estimate of drug-likeness (QED) is 0.589. The van der Waals surface area contributed by atoms with Crippen molar-refractivity contribution < 1.29 is 4.79 Å². The van der Waals surface area contributed by atoms with Crippen LogP contribution in [0.2, 0.25) is 0 Å². The van der Waals surface area contributed by atoms with Crippen molar-refractivity contribution >= 4 is 12.2 Å². The van der Waals surface area contributed by atoms with E-state index >= 15 is 0 Å². The molecule has 0 fully saturated rings. The lowest BCUT2D eigenvalue weighted by molar-refractivity contribution is -0.107. The summed E-state index contributed by atoms with van der Waals surface area (Å²) in [6, 6.07) is 3.76. The Morgan fingerprint density at radius 2 is 2.36 bits per heavy atom. The Kier molecular flexibility index (Phi) is 2.21. The molecule has 1 aromatic rings. The highest BCUT2D eigenvalue weighted by Gasteiger charge is 2.01. The second-order valence-corrected chi connectivity index (χ2v) is 2.36. The molecule has 58 valence electrons. The van der Waals surface area contributed by atoms with Crippen LogP contribution in [0.25, 0.3) is 0 Å². The molecule has 3 heteroatoms. The Balaban J connectivity index is 3.02. The molecule has 0 aromatic carbocycles. The third-order valence-corrected chi connectivity index (χ3v) is 1.47. The van der Waals surface area contributed by atoms with E-state index in [1.165, 1.54) is 4.90 Å². The van der Waals surface area contributed by atoms with Gasteiger partial charge < -0.3 is 4.90 Å². The Morgan fingerprint density at radius 1 is 1.64 bits per heavy atom. The van der Waals surface area contributed by atoms with E-state index in [0.29, 0.717) is 5.82 Å². The summed E-state index contributed by atoms with van der Waals surface area (Å²) in [5.74, 6) is 0.711. The number of nitrogens with zero attached hydrogens (tertiary/aromatic N) is 2. The summed E-state index contributed by atoms with van der Waals surface area (Å²) < 4.78 is 0. The molecule has 0 aliphatic heterocycles. The smallest absolute Gasteiger partial charge is 0.215 e. The normalized spacial score (nSPS) is 9.27. The molecule has 0 aliphatic rings. The van der Waals surface area contributed by atoms with Gasteiger partial charge in [0.15, 0.2) is 0 Å². The van der Waals surface area contributed by atoms with Crippen LogP contribution in [-0.4, -0.2) is 18.4 Å². The van der Waals surface area contributed by atoms with Gasteiger partial charge in [-0.15, -0.1) is 0 Å². The number of hydrogen-bond donors (Lipinski definition) is 0. The van der Waals surface area contributed by atoms with Crippen molar-refractivity contribution in [2.75, 3.05) is 11.9 Å². The van der Waals surface area contributed by atoms with E-state index in [2.05, 4.69) is 4.98 Å². The molecule has 0 radical (unpaired) electrons. The average Bonchev–Trinajstić information content (AvgIpc) is 2.04. The Labute approximate surface area is 65.7 Å². The van der Waals surface area contributed by atoms with Gasteiger partial charge in [-0.1, -0.05) is 6.07 Å². The molecular weight excluding hydrogens is 140 g/mol. The molecule has 0 N–H and O–H groups in total. The minimum absolute atomic E-state index is 0.711. The number of hydrogen-bond acceptors (Lipinski definition) is 2. The first-order valence-electron chi connectivity index (χ1n) is 3.35. The van der Waals surface area contributed by atoms with Crippen molar-refractivity contribution in [1.29, 1.82) is 0 Å². The third kappa shape index (κ3) is 1.55. The summed E-state index contributed by atoms with van der Waals surface area (Å²) in [5, 5.41) is 0. The molecule has 0 saturated carbocycles. The number of pyridine rings is 1. The van der Waals surface area contributed by atoms with Gasteiger partial charge in [0.2, 0.25) is 6.41 Å². The van der Waals surface area contributed by atoms with Gasteiger partial charge in [0.25, 0.3) is 0 Å². The van der Waals surface area contributed by atoms with E-state index in [4.69, 9.17) is 0 Å². The zero-order valence-electron chi connectivity index (χ0n) is 6.61. The Bertz CT molecular complexity index is 260. The van der Waals surface area contributed by atoms with Crippen LogP contribution in [0.1, 0.15) is 5.56 Å². The first kappa shape index (κ1) is 7.72. The summed E-state index contributed by atoms with van der Waals surface area (Å²) in [6.07, 6.45) is 2.41. The van der Waals surface area contributed by atoms with Crippen LogP contribution in [0.3, 0.4) is 0 Å². The zero-order valence-corrected chi connectivity index (χ0v) is 6.61. The highest BCUT2D eigenvalue weighted by atomic mass is 16.1. The molecule has 1 aromatic heterocycles. The molecular formula is C8H10N2O. The van der Waals surface area contributed by atoms with Crippen molar-refractivity contribution in [3.05, 3.63) is 23.9 Å². The zero-order chi connectivity index (χ0) is 8.27. The maximum Gasteiger partial charge on any atom is 0.215 e. The minimum atomic E-state index is 0.711. The Morgan fingerprint density at radius 3 is 2.91 bits per heavy atom. The van der Waals surface area contributed by atoms with Crippen LogP contribution >= 0.6 is 0 Å². The maximum atomic E-state index is 10.3. The SMILES string of the molecule is Cc1cccnc1N(C)C=O. The predicted molar refractivity (Wildman–Crippen MR) is 43.4 cm³/mol. The molecule has 0 spiro atoms. The molecule has 1 heterocycles. The van der Waals surface area contributed by atoms with Gasteiger partial charge in [-0.3, -0.25) is 4.79 Å². The summed E-state index contributed by atoms with van der Waals surface area (Å²) in [6.45, 7) is 1.92. The van der Waals surface area contributed by atoms with Gasteiger partial charge in [-0.25, -0.2) is 4.98 Å². The number of carbonyl (C=O) groups is 1. The topological polar surface area (TPSA) is 33.2 Å². The fourth-order valence-electron chi connectivity index (χ4n) is 0.897. The average molecular weight is 150 g/mol. The Hall–Kier alpha value is -1.38. The molecule has 0 saturated heterocycles. The fraction of sp³-hybridized carbons (Fsp3) is 0.250. The number of aryl methyl sites for hydroxylation is 1. The monoisotopic (exact) mass is 150 g/mol. The van der Waals surface area contributed by atoms with Crippen molar-refractivity contribution in [3.63, 3.8) is 0 Å². The van der Waals surface area contributed by atoms with E-state index in [1.54, 1.807) is 13.2 Å². The van der Waals surface area contributed by atoms with Crippen molar-refractivity contribution in [2.45, 2.75) is 6.92 Å². The van der Waals surface area contributed by atoms with E-state index < -0.39 is 0 Å². The molecule has 3 nitrogen and oxygen atoms in total. The molecule has 1 amide bonds. The highest BCUT2D eigenvalue weighted by Crippen LogP contribution is 2.11. The van der Waals surface area contributed by atoms with Crippen molar-refractivity contribution in [2.24, 2.45) is 0 Å². The summed E-state index contributed by atoms with van der Waals surface area (Å²) in [5.41, 5.74) is 1.00. The standard InChI is InChI=1S/C8H10N2O/c1-7-4-3-5-9-8(7)10(2)6-11/h3-6H,1-2H3. The van der Waals surface area contributed by atoms with Crippen LogP contribution in [0.4, 0.5) is 5.82 Å². The molecule has 0 atom stereocenters. The van der Waals surface area contributed by atoms with E-state index in [1.807, 2.05) is 19.1 Å². The minimum Gasteiger partial charge on any atom is -0.302 e.